The summed E-state index contributed by atoms with van der Waals surface area (Å²) in [6, 6.07) is 7.80. The van der Waals surface area contributed by atoms with Crippen molar-refractivity contribution in [3.8, 4) is 5.75 Å². The molecule has 0 spiro atoms. The summed E-state index contributed by atoms with van der Waals surface area (Å²) in [5.74, 6) is 0.788. The van der Waals surface area contributed by atoms with Crippen LogP contribution in [0.2, 0.25) is 0 Å². The molecule has 2 N–H and O–H groups in total. The van der Waals surface area contributed by atoms with Crippen molar-refractivity contribution in [1.82, 2.24) is 5.48 Å². The molecule has 106 valence electrons. The second kappa shape index (κ2) is 7.48. The molecule has 0 amide bonds. The number of hydrogen-bond donors (Lipinski definition) is 2. The summed E-state index contributed by atoms with van der Waals surface area (Å²) >= 11 is 0. The van der Waals surface area contributed by atoms with Crippen molar-refractivity contribution in [1.29, 1.82) is 0 Å². The molecule has 0 bridgehead atoms. The lowest BCUT2D eigenvalue weighted by Gasteiger charge is -2.16. The number of nitrogens with one attached hydrogen (secondary N) is 1. The summed E-state index contributed by atoms with van der Waals surface area (Å²) in [6.45, 7) is 2.67. The van der Waals surface area contributed by atoms with E-state index in [1.54, 1.807) is 0 Å². The number of aliphatic hydroxyl groups excluding tert-OH is 1. The Hall–Kier alpha value is -1.10. The molecule has 4 heteroatoms. The van der Waals surface area contributed by atoms with E-state index in [4.69, 9.17) is 9.57 Å². The van der Waals surface area contributed by atoms with Crippen LogP contribution >= 0.6 is 0 Å². The molecule has 1 aliphatic carbocycles. The first-order valence-electron chi connectivity index (χ1n) is 7.00. The number of hydrogen-bond acceptors (Lipinski definition) is 4. The highest BCUT2D eigenvalue weighted by Gasteiger charge is 2.16. The van der Waals surface area contributed by atoms with Crippen LogP contribution in [0.15, 0.2) is 24.3 Å². The van der Waals surface area contributed by atoms with Gasteiger partial charge in [0.15, 0.2) is 0 Å². The minimum atomic E-state index is -0.568. The molecule has 1 aliphatic rings. The number of rotatable bonds is 7. The number of aryl methyl sites for hydroxylation is 1. The molecule has 19 heavy (non-hydrogen) atoms. The van der Waals surface area contributed by atoms with Crippen LogP contribution in [0, 0.1) is 6.92 Å². The van der Waals surface area contributed by atoms with E-state index in [1.807, 2.05) is 31.2 Å². The van der Waals surface area contributed by atoms with Gasteiger partial charge in [0.05, 0.1) is 12.6 Å². The van der Waals surface area contributed by atoms with Gasteiger partial charge >= 0.3 is 0 Å². The van der Waals surface area contributed by atoms with E-state index in [-0.39, 0.29) is 6.61 Å². The molecule has 0 radical (unpaired) electrons. The minimum Gasteiger partial charge on any atom is -0.491 e. The summed E-state index contributed by atoms with van der Waals surface area (Å²) < 4.78 is 5.53. The Morgan fingerprint density at radius 2 is 2.16 bits per heavy atom. The molecule has 2 rings (SSSR count). The molecule has 1 atom stereocenters. The van der Waals surface area contributed by atoms with Gasteiger partial charge in [0.25, 0.3) is 0 Å². The number of benzene rings is 1. The van der Waals surface area contributed by atoms with Crippen LogP contribution in [0.1, 0.15) is 31.2 Å². The van der Waals surface area contributed by atoms with Crippen LogP contribution in [0.4, 0.5) is 0 Å². The average molecular weight is 265 g/mol. The molecule has 1 fully saturated rings. The van der Waals surface area contributed by atoms with E-state index in [2.05, 4.69) is 5.48 Å². The molecule has 1 unspecified atom stereocenters. The van der Waals surface area contributed by atoms with Crippen LogP contribution in [0.25, 0.3) is 0 Å². The molecular formula is C15H23NO3. The Labute approximate surface area is 114 Å². The van der Waals surface area contributed by atoms with Crippen molar-refractivity contribution >= 4 is 0 Å². The predicted molar refractivity (Wildman–Crippen MR) is 74.0 cm³/mol. The highest BCUT2D eigenvalue weighted by molar-refractivity contribution is 5.27. The first-order chi connectivity index (χ1) is 9.24. The largest absolute Gasteiger partial charge is 0.491 e. The second-order valence-electron chi connectivity index (χ2n) is 5.15. The van der Waals surface area contributed by atoms with Crippen molar-refractivity contribution < 1.29 is 14.7 Å². The van der Waals surface area contributed by atoms with Gasteiger partial charge in [-0.15, -0.1) is 0 Å². The summed E-state index contributed by atoms with van der Waals surface area (Å²) in [6.07, 6.45) is 4.45. The molecule has 0 heterocycles. The van der Waals surface area contributed by atoms with E-state index in [0.717, 1.165) is 24.2 Å². The third kappa shape index (κ3) is 5.19. The molecular weight excluding hydrogens is 242 g/mol. The highest BCUT2D eigenvalue weighted by Crippen LogP contribution is 2.19. The standard InChI is InChI=1S/C15H23NO3/c1-12-5-4-8-15(9-12)18-11-13(17)10-16-19-14-6-2-3-7-14/h4-5,8-9,13-14,16-17H,2-3,6-7,10-11H2,1H3. The van der Waals surface area contributed by atoms with Gasteiger partial charge in [-0.3, -0.25) is 4.84 Å². The Morgan fingerprint density at radius 3 is 2.89 bits per heavy atom. The molecule has 0 aliphatic heterocycles. The maximum atomic E-state index is 9.79. The normalized spacial score (nSPS) is 17.6. The Morgan fingerprint density at radius 1 is 1.37 bits per heavy atom. The smallest absolute Gasteiger partial charge is 0.119 e. The zero-order valence-electron chi connectivity index (χ0n) is 11.5. The van der Waals surface area contributed by atoms with Gasteiger partial charge in [0.2, 0.25) is 0 Å². The molecule has 1 aromatic carbocycles. The lowest BCUT2D eigenvalue weighted by molar-refractivity contribution is -0.0417. The molecule has 1 aromatic rings. The molecule has 0 aromatic heterocycles. The van der Waals surface area contributed by atoms with E-state index >= 15 is 0 Å². The third-order valence-corrected chi connectivity index (χ3v) is 3.30. The fraction of sp³-hybridized carbons (Fsp3) is 0.600. The monoisotopic (exact) mass is 265 g/mol. The lowest BCUT2D eigenvalue weighted by Crippen LogP contribution is -2.33. The van der Waals surface area contributed by atoms with Gasteiger partial charge in [-0.1, -0.05) is 25.0 Å². The summed E-state index contributed by atoms with van der Waals surface area (Å²) in [7, 11) is 0. The van der Waals surface area contributed by atoms with Crippen molar-refractivity contribution in [3.63, 3.8) is 0 Å². The number of aliphatic hydroxyl groups is 1. The first kappa shape index (κ1) is 14.3. The van der Waals surface area contributed by atoms with Crippen LogP contribution in [0.3, 0.4) is 0 Å². The minimum absolute atomic E-state index is 0.268. The molecule has 1 saturated carbocycles. The van der Waals surface area contributed by atoms with Crippen LogP contribution in [0.5, 0.6) is 5.75 Å². The number of ether oxygens (including phenoxy) is 1. The van der Waals surface area contributed by atoms with Gasteiger partial charge in [-0.25, -0.2) is 0 Å². The maximum absolute atomic E-state index is 9.79. The fourth-order valence-electron chi connectivity index (χ4n) is 2.22. The number of hydroxylamine groups is 1. The Balaban J connectivity index is 1.60. The van der Waals surface area contributed by atoms with Crippen molar-refractivity contribution in [2.75, 3.05) is 13.2 Å². The second-order valence-corrected chi connectivity index (χ2v) is 5.15. The molecule has 4 nitrogen and oxygen atoms in total. The van der Waals surface area contributed by atoms with Crippen LogP contribution in [-0.2, 0) is 4.84 Å². The van der Waals surface area contributed by atoms with Gasteiger partial charge in [0.1, 0.15) is 18.5 Å². The Bertz CT molecular complexity index is 377. The zero-order chi connectivity index (χ0) is 13.5. The van der Waals surface area contributed by atoms with E-state index in [1.165, 1.54) is 12.8 Å². The lowest BCUT2D eigenvalue weighted by atomic mass is 10.2. The third-order valence-electron chi connectivity index (χ3n) is 3.30. The van der Waals surface area contributed by atoms with Crippen LogP contribution < -0.4 is 10.2 Å². The van der Waals surface area contributed by atoms with Crippen molar-refractivity contribution in [2.45, 2.75) is 44.8 Å². The average Bonchev–Trinajstić information content (AvgIpc) is 2.90. The summed E-state index contributed by atoms with van der Waals surface area (Å²) in [5.41, 5.74) is 3.99. The Kier molecular flexibility index (Phi) is 5.63. The maximum Gasteiger partial charge on any atom is 0.119 e. The summed E-state index contributed by atoms with van der Waals surface area (Å²) in [4.78, 5) is 5.48. The SMILES string of the molecule is Cc1cccc(OCC(O)CNOC2CCCC2)c1. The fourth-order valence-corrected chi connectivity index (χ4v) is 2.22. The summed E-state index contributed by atoms with van der Waals surface area (Å²) in [5, 5.41) is 9.79. The van der Waals surface area contributed by atoms with Gasteiger partial charge in [-0.05, 0) is 37.5 Å². The van der Waals surface area contributed by atoms with Crippen molar-refractivity contribution in [2.24, 2.45) is 0 Å². The molecule has 0 saturated heterocycles. The van der Waals surface area contributed by atoms with E-state index < -0.39 is 6.10 Å². The quantitative estimate of drug-likeness (QED) is 0.742. The van der Waals surface area contributed by atoms with Gasteiger partial charge < -0.3 is 9.84 Å². The topological polar surface area (TPSA) is 50.7 Å². The zero-order valence-corrected chi connectivity index (χ0v) is 11.5. The highest BCUT2D eigenvalue weighted by atomic mass is 16.7. The van der Waals surface area contributed by atoms with Gasteiger partial charge in [0, 0.05) is 0 Å². The van der Waals surface area contributed by atoms with Crippen molar-refractivity contribution in [3.05, 3.63) is 29.8 Å². The predicted octanol–water partition coefficient (Wildman–Crippen LogP) is 2.20. The van der Waals surface area contributed by atoms with Crippen LogP contribution in [-0.4, -0.2) is 30.5 Å². The first-order valence-corrected chi connectivity index (χ1v) is 7.00. The van der Waals surface area contributed by atoms with Gasteiger partial charge in [-0.2, -0.15) is 5.48 Å². The van der Waals surface area contributed by atoms with E-state index in [0.29, 0.717) is 12.6 Å². The van der Waals surface area contributed by atoms with E-state index in [9.17, 15) is 5.11 Å².